The summed E-state index contributed by atoms with van der Waals surface area (Å²) in [6, 6.07) is 3.89. The van der Waals surface area contributed by atoms with Gasteiger partial charge in [0, 0.05) is 44.3 Å². The maximum absolute atomic E-state index is 14.0. The Morgan fingerprint density at radius 3 is 2.96 bits per heavy atom. The van der Waals surface area contributed by atoms with Gasteiger partial charge in [0.2, 0.25) is 0 Å². The maximum atomic E-state index is 14.0. The van der Waals surface area contributed by atoms with Crippen molar-refractivity contribution in [2.24, 2.45) is 10.4 Å². The van der Waals surface area contributed by atoms with Crippen LogP contribution in [0.4, 0.5) is 13.2 Å². The summed E-state index contributed by atoms with van der Waals surface area (Å²) in [7, 11) is 1.65. The van der Waals surface area contributed by atoms with Crippen LogP contribution >= 0.6 is 0 Å². The minimum atomic E-state index is -3.00. The summed E-state index contributed by atoms with van der Waals surface area (Å²) in [5.41, 5.74) is 0.224. The van der Waals surface area contributed by atoms with Crippen molar-refractivity contribution in [2.75, 3.05) is 33.4 Å². The first kappa shape index (κ1) is 17.8. The van der Waals surface area contributed by atoms with Crippen molar-refractivity contribution in [3.8, 4) is 5.75 Å². The molecule has 5 nitrogen and oxygen atoms in total. The van der Waals surface area contributed by atoms with Crippen LogP contribution in [0.5, 0.6) is 5.75 Å². The van der Waals surface area contributed by atoms with E-state index in [0.29, 0.717) is 5.96 Å². The molecule has 1 N–H and O–H groups in total. The first-order valence-electron chi connectivity index (χ1n) is 8.28. The van der Waals surface area contributed by atoms with Crippen LogP contribution in [0.2, 0.25) is 0 Å². The van der Waals surface area contributed by atoms with E-state index in [1.807, 2.05) is 0 Å². The van der Waals surface area contributed by atoms with Gasteiger partial charge in [0.15, 0.2) is 5.96 Å². The third-order valence-electron chi connectivity index (χ3n) is 4.85. The van der Waals surface area contributed by atoms with E-state index in [0.717, 1.165) is 39.1 Å². The number of benzene rings is 1. The van der Waals surface area contributed by atoms with E-state index in [9.17, 15) is 13.2 Å². The van der Waals surface area contributed by atoms with E-state index in [2.05, 4.69) is 19.9 Å². The third kappa shape index (κ3) is 4.00. The summed E-state index contributed by atoms with van der Waals surface area (Å²) in [6.45, 7) is 0.205. The summed E-state index contributed by atoms with van der Waals surface area (Å²) >= 11 is 0. The summed E-state index contributed by atoms with van der Waals surface area (Å²) < 4.78 is 49.0. The third-order valence-corrected chi connectivity index (χ3v) is 4.85. The van der Waals surface area contributed by atoms with E-state index in [4.69, 9.17) is 4.74 Å². The van der Waals surface area contributed by atoms with Gasteiger partial charge in [-0.05, 0) is 25.0 Å². The van der Waals surface area contributed by atoms with Crippen LogP contribution in [-0.4, -0.2) is 50.8 Å². The van der Waals surface area contributed by atoms with E-state index in [1.165, 1.54) is 18.2 Å². The van der Waals surface area contributed by atoms with E-state index in [-0.39, 0.29) is 23.3 Å². The number of halogens is 3. The summed E-state index contributed by atoms with van der Waals surface area (Å²) in [4.78, 5) is 6.34. The highest BCUT2D eigenvalue weighted by Gasteiger charge is 2.42. The molecule has 0 radical (unpaired) electrons. The molecule has 2 heterocycles. The molecule has 1 unspecified atom stereocenters. The molecule has 1 aromatic rings. The van der Waals surface area contributed by atoms with Gasteiger partial charge in [0.05, 0.1) is 6.61 Å². The lowest BCUT2D eigenvalue weighted by atomic mass is 9.87. The lowest BCUT2D eigenvalue weighted by Crippen LogP contribution is -2.41. The van der Waals surface area contributed by atoms with Gasteiger partial charge >= 0.3 is 6.61 Å². The number of hydrogen-bond acceptors (Lipinski definition) is 3. The Morgan fingerprint density at radius 1 is 1.44 bits per heavy atom. The summed E-state index contributed by atoms with van der Waals surface area (Å²) in [6.07, 6.45) is 2.05. The first-order chi connectivity index (χ1) is 12.0. The monoisotopic (exact) mass is 357 g/mol. The van der Waals surface area contributed by atoms with Gasteiger partial charge in [-0.25, -0.2) is 4.39 Å². The molecule has 1 aromatic carbocycles. The second-order valence-electron chi connectivity index (χ2n) is 6.47. The minimum absolute atomic E-state index is 0.0153. The first-order valence-corrected chi connectivity index (χ1v) is 8.28. The normalized spacial score (nSPS) is 23.7. The molecular weight excluding hydrogens is 335 g/mol. The van der Waals surface area contributed by atoms with Crippen molar-refractivity contribution in [3.05, 3.63) is 29.6 Å². The Kier molecular flexibility index (Phi) is 5.36. The number of aliphatic imine (C=N–C) groups is 1. The van der Waals surface area contributed by atoms with Crippen LogP contribution < -0.4 is 10.1 Å². The maximum Gasteiger partial charge on any atom is 0.387 e. The number of rotatable bonds is 4. The fourth-order valence-corrected chi connectivity index (χ4v) is 3.50. The standard InChI is InChI=1S/C17H22F3N3O2/c1-21-16(23-7-5-17(10-23)6-8-24-11-17)22-9-12-13(18)3-2-4-14(12)25-15(19)20/h2-4,15H,5-11H2,1H3,(H,21,22). The molecule has 0 bridgehead atoms. The molecule has 138 valence electrons. The molecule has 0 amide bonds. The van der Waals surface area contributed by atoms with E-state index in [1.54, 1.807) is 7.05 Å². The van der Waals surface area contributed by atoms with Crippen LogP contribution in [-0.2, 0) is 11.3 Å². The van der Waals surface area contributed by atoms with Gasteiger partial charge in [0.1, 0.15) is 11.6 Å². The highest BCUT2D eigenvalue weighted by Crippen LogP contribution is 2.38. The molecule has 2 fully saturated rings. The molecule has 0 aromatic heterocycles. The van der Waals surface area contributed by atoms with Gasteiger partial charge in [-0.2, -0.15) is 8.78 Å². The predicted molar refractivity (Wildman–Crippen MR) is 87.3 cm³/mol. The zero-order valence-corrected chi connectivity index (χ0v) is 14.1. The number of ether oxygens (including phenoxy) is 2. The van der Waals surface area contributed by atoms with Crippen molar-refractivity contribution in [3.63, 3.8) is 0 Å². The molecule has 1 spiro atoms. The SMILES string of the molecule is CN=C(NCc1c(F)cccc1OC(F)F)N1CCC2(CCOC2)C1. The van der Waals surface area contributed by atoms with Gasteiger partial charge in [-0.1, -0.05) is 6.07 Å². The smallest absolute Gasteiger partial charge is 0.387 e. The van der Waals surface area contributed by atoms with Gasteiger partial charge < -0.3 is 19.7 Å². The van der Waals surface area contributed by atoms with E-state index < -0.39 is 12.4 Å². The molecule has 0 saturated carbocycles. The second kappa shape index (κ2) is 7.51. The lowest BCUT2D eigenvalue weighted by Gasteiger charge is -2.25. The minimum Gasteiger partial charge on any atom is -0.434 e. The van der Waals surface area contributed by atoms with Crippen LogP contribution in [0.25, 0.3) is 0 Å². The molecule has 2 aliphatic heterocycles. The molecule has 1 atom stereocenters. The number of nitrogens with zero attached hydrogens (tertiary/aromatic N) is 2. The number of hydrogen-bond donors (Lipinski definition) is 1. The van der Waals surface area contributed by atoms with Crippen LogP contribution in [0, 0.1) is 11.2 Å². The zero-order valence-electron chi connectivity index (χ0n) is 14.1. The topological polar surface area (TPSA) is 46.1 Å². The van der Waals surface area contributed by atoms with E-state index >= 15 is 0 Å². The summed E-state index contributed by atoms with van der Waals surface area (Å²) in [5.74, 6) is -0.141. The average molecular weight is 357 g/mol. The largest absolute Gasteiger partial charge is 0.434 e. The Hall–Kier alpha value is -1.96. The van der Waals surface area contributed by atoms with Crippen LogP contribution in [0.1, 0.15) is 18.4 Å². The van der Waals surface area contributed by atoms with Gasteiger partial charge in [0.25, 0.3) is 0 Å². The fourth-order valence-electron chi connectivity index (χ4n) is 3.50. The Bertz CT molecular complexity index is 634. The number of alkyl halides is 2. The molecule has 3 rings (SSSR count). The van der Waals surface area contributed by atoms with Gasteiger partial charge in [-0.3, -0.25) is 4.99 Å². The number of nitrogens with one attached hydrogen (secondary N) is 1. The van der Waals surface area contributed by atoms with Crippen LogP contribution in [0.15, 0.2) is 23.2 Å². The van der Waals surface area contributed by atoms with Crippen LogP contribution in [0.3, 0.4) is 0 Å². The average Bonchev–Trinajstić information content (AvgIpc) is 3.20. The molecule has 2 aliphatic rings. The molecular formula is C17H22F3N3O2. The fraction of sp³-hybridized carbons (Fsp3) is 0.588. The second-order valence-corrected chi connectivity index (χ2v) is 6.47. The van der Waals surface area contributed by atoms with Crippen molar-refractivity contribution < 1.29 is 22.6 Å². The van der Waals surface area contributed by atoms with Gasteiger partial charge in [-0.15, -0.1) is 0 Å². The van der Waals surface area contributed by atoms with Crippen molar-refractivity contribution >= 4 is 5.96 Å². The Morgan fingerprint density at radius 2 is 2.28 bits per heavy atom. The van der Waals surface area contributed by atoms with Crippen molar-refractivity contribution in [1.82, 2.24) is 10.2 Å². The molecule has 8 heteroatoms. The molecule has 0 aliphatic carbocycles. The summed E-state index contributed by atoms with van der Waals surface area (Å²) in [5, 5.41) is 3.06. The molecule has 25 heavy (non-hydrogen) atoms. The quantitative estimate of drug-likeness (QED) is 0.665. The number of guanidine groups is 1. The number of likely N-dealkylation sites (tertiary alicyclic amines) is 1. The molecule has 2 saturated heterocycles. The zero-order chi connectivity index (χ0) is 17.9. The van der Waals surface area contributed by atoms with Crippen molar-refractivity contribution in [2.45, 2.75) is 26.0 Å². The highest BCUT2D eigenvalue weighted by molar-refractivity contribution is 5.80. The predicted octanol–water partition coefficient (Wildman–Crippen LogP) is 2.61. The Balaban J connectivity index is 1.66. The lowest BCUT2D eigenvalue weighted by molar-refractivity contribution is -0.0506. The van der Waals surface area contributed by atoms with Crippen molar-refractivity contribution in [1.29, 1.82) is 0 Å². The Labute approximate surface area is 144 Å². The highest BCUT2D eigenvalue weighted by atomic mass is 19.3.